The molecule has 0 aliphatic heterocycles. The number of amides is 1. The van der Waals surface area contributed by atoms with E-state index >= 15 is 0 Å². The first-order chi connectivity index (χ1) is 8.81. The highest BCUT2D eigenvalue weighted by molar-refractivity contribution is 5.98. The Hall–Kier alpha value is -2.47. The lowest BCUT2D eigenvalue weighted by Gasteiger charge is -2.08. The van der Waals surface area contributed by atoms with Gasteiger partial charge < -0.3 is 10.7 Å². The fourth-order valence-corrected chi connectivity index (χ4v) is 1.48. The van der Waals surface area contributed by atoms with Crippen LogP contribution in [0.25, 0.3) is 0 Å². The van der Waals surface area contributed by atoms with Crippen molar-refractivity contribution in [3.8, 4) is 0 Å². The summed E-state index contributed by atoms with van der Waals surface area (Å²) in [5.74, 6) is 5.41. The molecule has 0 aromatic carbocycles. The van der Waals surface area contributed by atoms with Gasteiger partial charge in [-0.25, -0.2) is 10.8 Å². The molecule has 1 amide bonds. The van der Waals surface area contributed by atoms with Crippen molar-refractivity contribution in [2.75, 3.05) is 5.43 Å². The third-order valence-electron chi connectivity index (χ3n) is 2.36. The highest BCUT2D eigenvalue weighted by Crippen LogP contribution is 2.09. The minimum atomic E-state index is -0.236. The highest BCUT2D eigenvalue weighted by atomic mass is 16.1. The number of hydrazine groups is 1. The lowest BCUT2D eigenvalue weighted by atomic mass is 10.2. The fraction of sp³-hybridized carbons (Fsp3) is 0.0833. The van der Waals surface area contributed by atoms with Crippen molar-refractivity contribution >= 4 is 11.7 Å². The molecule has 0 unspecified atom stereocenters. The molecule has 4 N–H and O–H groups in total. The van der Waals surface area contributed by atoms with Gasteiger partial charge in [-0.15, -0.1) is 0 Å². The van der Waals surface area contributed by atoms with E-state index in [0.29, 0.717) is 17.9 Å². The third kappa shape index (κ3) is 2.80. The smallest absolute Gasteiger partial charge is 0.255 e. The predicted octanol–water partition coefficient (Wildman–Crippen LogP) is 0.692. The molecule has 6 heteroatoms. The van der Waals surface area contributed by atoms with Crippen LogP contribution in [0.15, 0.2) is 42.9 Å². The van der Waals surface area contributed by atoms with Crippen LogP contribution in [0.3, 0.4) is 0 Å². The monoisotopic (exact) mass is 243 g/mol. The zero-order valence-electron chi connectivity index (χ0n) is 9.63. The molecule has 0 atom stereocenters. The molecule has 2 rings (SSSR count). The largest absolute Gasteiger partial charge is 0.348 e. The molecule has 2 aromatic heterocycles. The van der Waals surface area contributed by atoms with Crippen LogP contribution in [0.1, 0.15) is 15.9 Å². The van der Waals surface area contributed by atoms with Crippen LogP contribution < -0.4 is 16.6 Å². The number of carbonyl (C=O) groups excluding carboxylic acids is 1. The van der Waals surface area contributed by atoms with Crippen LogP contribution in [-0.2, 0) is 6.54 Å². The van der Waals surface area contributed by atoms with Crippen molar-refractivity contribution in [3.63, 3.8) is 0 Å². The molecule has 0 saturated carbocycles. The number of aromatic nitrogens is 2. The molecular weight excluding hydrogens is 230 g/mol. The van der Waals surface area contributed by atoms with E-state index in [1.807, 2.05) is 12.1 Å². The summed E-state index contributed by atoms with van der Waals surface area (Å²) in [7, 11) is 0. The first-order valence-corrected chi connectivity index (χ1v) is 5.40. The second-order valence-corrected chi connectivity index (χ2v) is 3.59. The maximum atomic E-state index is 11.9. The molecule has 18 heavy (non-hydrogen) atoms. The minimum Gasteiger partial charge on any atom is -0.348 e. The van der Waals surface area contributed by atoms with Gasteiger partial charge in [-0.1, -0.05) is 6.07 Å². The van der Waals surface area contributed by atoms with E-state index in [2.05, 4.69) is 20.7 Å². The maximum Gasteiger partial charge on any atom is 0.255 e. The van der Waals surface area contributed by atoms with E-state index < -0.39 is 0 Å². The Morgan fingerprint density at radius 1 is 1.28 bits per heavy atom. The number of rotatable bonds is 4. The van der Waals surface area contributed by atoms with Crippen LogP contribution >= 0.6 is 0 Å². The van der Waals surface area contributed by atoms with E-state index in [1.165, 1.54) is 0 Å². The van der Waals surface area contributed by atoms with Crippen molar-refractivity contribution in [2.45, 2.75) is 6.54 Å². The van der Waals surface area contributed by atoms with Gasteiger partial charge in [0, 0.05) is 25.1 Å². The molecule has 92 valence electrons. The Morgan fingerprint density at radius 3 is 2.83 bits per heavy atom. The molecule has 6 nitrogen and oxygen atoms in total. The van der Waals surface area contributed by atoms with Crippen LogP contribution in [0, 0.1) is 0 Å². The number of hydrogen-bond acceptors (Lipinski definition) is 5. The molecule has 0 aliphatic carbocycles. The normalized spacial score (nSPS) is 9.83. The van der Waals surface area contributed by atoms with E-state index in [4.69, 9.17) is 5.84 Å². The maximum absolute atomic E-state index is 11.9. The molecule has 0 aliphatic rings. The van der Waals surface area contributed by atoms with Crippen molar-refractivity contribution in [3.05, 3.63) is 54.0 Å². The summed E-state index contributed by atoms with van der Waals surface area (Å²) < 4.78 is 0. The van der Waals surface area contributed by atoms with Gasteiger partial charge in [-0.2, -0.15) is 0 Å². The second-order valence-electron chi connectivity index (χ2n) is 3.59. The van der Waals surface area contributed by atoms with E-state index in [9.17, 15) is 4.79 Å². The topological polar surface area (TPSA) is 92.9 Å². The zero-order chi connectivity index (χ0) is 12.8. The Balaban J connectivity index is 2.04. The third-order valence-corrected chi connectivity index (χ3v) is 2.36. The first kappa shape index (κ1) is 12.0. The van der Waals surface area contributed by atoms with Gasteiger partial charge in [0.1, 0.15) is 0 Å². The van der Waals surface area contributed by atoms with Gasteiger partial charge in [-0.05, 0) is 23.8 Å². The molecule has 0 spiro atoms. The number of nitrogen functional groups attached to an aromatic ring is 1. The quantitative estimate of drug-likeness (QED) is 0.542. The summed E-state index contributed by atoms with van der Waals surface area (Å²) in [6.07, 6.45) is 4.95. The number of nitrogens with one attached hydrogen (secondary N) is 2. The highest BCUT2D eigenvalue weighted by Gasteiger charge is 2.10. The Morgan fingerprint density at radius 2 is 2.11 bits per heavy atom. The average Bonchev–Trinajstić information content (AvgIpc) is 2.45. The Bertz CT molecular complexity index is 529. The zero-order valence-corrected chi connectivity index (χ0v) is 9.63. The molecule has 2 aromatic rings. The Kier molecular flexibility index (Phi) is 3.83. The number of nitrogens with two attached hydrogens (primary N) is 1. The van der Waals surface area contributed by atoms with Crippen molar-refractivity contribution in [1.82, 2.24) is 15.3 Å². The van der Waals surface area contributed by atoms with Gasteiger partial charge in [0.2, 0.25) is 0 Å². The molecular formula is C12H13N5O. The lowest BCUT2D eigenvalue weighted by Crippen LogP contribution is -2.25. The summed E-state index contributed by atoms with van der Waals surface area (Å²) in [6.45, 7) is 0.408. The lowest BCUT2D eigenvalue weighted by molar-refractivity contribution is 0.0951. The number of carbonyl (C=O) groups is 1. The van der Waals surface area contributed by atoms with E-state index in [0.717, 1.165) is 5.56 Å². The van der Waals surface area contributed by atoms with Crippen LogP contribution in [0.2, 0.25) is 0 Å². The summed E-state index contributed by atoms with van der Waals surface area (Å²) in [6, 6.07) is 7.04. The van der Waals surface area contributed by atoms with Crippen LogP contribution in [-0.4, -0.2) is 15.9 Å². The van der Waals surface area contributed by atoms with Crippen LogP contribution in [0.4, 0.5) is 5.82 Å². The fourth-order valence-electron chi connectivity index (χ4n) is 1.48. The second kappa shape index (κ2) is 5.74. The average molecular weight is 243 g/mol. The summed E-state index contributed by atoms with van der Waals surface area (Å²) >= 11 is 0. The molecule has 2 heterocycles. The minimum absolute atomic E-state index is 0.236. The van der Waals surface area contributed by atoms with Crippen molar-refractivity contribution in [2.24, 2.45) is 5.84 Å². The number of hydrogen-bond donors (Lipinski definition) is 3. The predicted molar refractivity (Wildman–Crippen MR) is 67.5 cm³/mol. The van der Waals surface area contributed by atoms with Gasteiger partial charge in [-0.3, -0.25) is 9.78 Å². The first-order valence-electron chi connectivity index (χ1n) is 5.40. The number of anilines is 1. The van der Waals surface area contributed by atoms with E-state index in [-0.39, 0.29) is 5.91 Å². The Labute approximate surface area is 104 Å². The van der Waals surface area contributed by atoms with Gasteiger partial charge in [0.05, 0.1) is 5.56 Å². The molecule has 0 radical (unpaired) electrons. The SMILES string of the molecule is NNc1ncccc1C(=O)NCc1cccnc1. The van der Waals surface area contributed by atoms with Crippen LogP contribution in [0.5, 0.6) is 0 Å². The van der Waals surface area contributed by atoms with E-state index in [1.54, 1.807) is 30.7 Å². The van der Waals surface area contributed by atoms with Crippen molar-refractivity contribution in [1.29, 1.82) is 0 Å². The molecule has 0 saturated heterocycles. The summed E-state index contributed by atoms with van der Waals surface area (Å²) in [5.41, 5.74) is 3.72. The summed E-state index contributed by atoms with van der Waals surface area (Å²) in [5, 5.41) is 2.78. The van der Waals surface area contributed by atoms with Gasteiger partial charge in [0.25, 0.3) is 5.91 Å². The van der Waals surface area contributed by atoms with Crippen molar-refractivity contribution < 1.29 is 4.79 Å². The summed E-state index contributed by atoms with van der Waals surface area (Å²) in [4.78, 5) is 19.9. The standard InChI is InChI=1S/C12H13N5O/c13-17-11-10(4-2-6-15-11)12(18)16-8-9-3-1-5-14-7-9/h1-7H,8,13H2,(H,15,17)(H,16,18). The number of nitrogens with zero attached hydrogens (tertiary/aromatic N) is 2. The van der Waals surface area contributed by atoms with Gasteiger partial charge >= 0.3 is 0 Å². The molecule has 0 bridgehead atoms. The number of pyridine rings is 2. The molecule has 0 fully saturated rings. The van der Waals surface area contributed by atoms with Gasteiger partial charge in [0.15, 0.2) is 5.82 Å².